The summed E-state index contributed by atoms with van der Waals surface area (Å²) in [6.07, 6.45) is 0.564. The van der Waals surface area contributed by atoms with Crippen LogP contribution in [0.5, 0.6) is 0 Å². The van der Waals surface area contributed by atoms with Crippen LogP contribution in [0, 0.1) is 0 Å². The number of aliphatic hydroxyl groups excluding tert-OH is 1. The van der Waals surface area contributed by atoms with Gasteiger partial charge in [0.1, 0.15) is 5.03 Å². The van der Waals surface area contributed by atoms with Crippen LogP contribution in [0.4, 0.5) is 5.69 Å². The first-order valence-electron chi connectivity index (χ1n) is 11.4. The SMILES string of the molecule is O=C(O)c1cccnc1SCC1CC(c2ccc(CO)cc2)OC(c2cccc(NC(=O)C(Cl)(Cl)Cl)c2)O1. The Labute approximate surface area is 238 Å². The summed E-state index contributed by atoms with van der Waals surface area (Å²) in [6.45, 7) is -0.0699. The number of hydrogen-bond acceptors (Lipinski definition) is 7. The molecule has 1 saturated heterocycles. The molecule has 1 amide bonds. The minimum Gasteiger partial charge on any atom is -0.478 e. The molecule has 1 fully saturated rings. The van der Waals surface area contributed by atoms with E-state index in [0.717, 1.165) is 11.1 Å². The highest BCUT2D eigenvalue weighted by molar-refractivity contribution is 7.99. The van der Waals surface area contributed by atoms with Crippen LogP contribution in [0.15, 0.2) is 71.9 Å². The fourth-order valence-corrected chi connectivity index (χ4v) is 4.97. The van der Waals surface area contributed by atoms with Crippen LogP contribution in [0.2, 0.25) is 0 Å². The number of anilines is 1. The summed E-state index contributed by atoms with van der Waals surface area (Å²) >= 11 is 18.3. The van der Waals surface area contributed by atoms with Crippen LogP contribution in [-0.2, 0) is 20.9 Å². The Morgan fingerprint density at radius 2 is 1.82 bits per heavy atom. The zero-order valence-electron chi connectivity index (χ0n) is 19.7. The number of carbonyl (C=O) groups excluding carboxylic acids is 1. The van der Waals surface area contributed by atoms with E-state index in [1.165, 1.54) is 17.8 Å². The minimum atomic E-state index is -2.12. The second kappa shape index (κ2) is 12.7. The van der Waals surface area contributed by atoms with Crippen LogP contribution >= 0.6 is 46.6 Å². The third-order valence-corrected chi connectivity index (χ3v) is 7.35. The van der Waals surface area contributed by atoms with Gasteiger partial charge in [-0.2, -0.15) is 0 Å². The van der Waals surface area contributed by atoms with Crippen molar-refractivity contribution >= 4 is 64.1 Å². The summed E-state index contributed by atoms with van der Waals surface area (Å²) < 4.78 is 10.5. The molecule has 1 aromatic heterocycles. The maximum atomic E-state index is 12.1. The lowest BCUT2D eigenvalue weighted by Gasteiger charge is -2.36. The number of nitrogens with one attached hydrogen (secondary N) is 1. The molecule has 0 aliphatic carbocycles. The smallest absolute Gasteiger partial charge is 0.338 e. The van der Waals surface area contributed by atoms with E-state index in [9.17, 15) is 19.8 Å². The summed E-state index contributed by atoms with van der Waals surface area (Å²) in [5.74, 6) is -1.43. The van der Waals surface area contributed by atoms with Crippen LogP contribution in [0.25, 0.3) is 0 Å². The molecular formula is C26H23Cl3N2O6S. The molecular weight excluding hydrogens is 575 g/mol. The number of halogens is 3. The van der Waals surface area contributed by atoms with Gasteiger partial charge in [-0.15, -0.1) is 11.8 Å². The van der Waals surface area contributed by atoms with Crippen molar-refractivity contribution in [2.45, 2.75) is 40.3 Å². The summed E-state index contributed by atoms with van der Waals surface area (Å²) in [7, 11) is 0. The number of ether oxygens (including phenoxy) is 2. The molecule has 200 valence electrons. The molecule has 0 radical (unpaired) electrons. The lowest BCUT2D eigenvalue weighted by molar-refractivity contribution is -0.245. The number of amides is 1. The summed E-state index contributed by atoms with van der Waals surface area (Å²) in [6, 6.07) is 17.3. The van der Waals surface area contributed by atoms with E-state index in [0.29, 0.717) is 28.5 Å². The predicted octanol–water partition coefficient (Wildman–Crippen LogP) is 5.92. The maximum Gasteiger partial charge on any atom is 0.338 e. The summed E-state index contributed by atoms with van der Waals surface area (Å²) in [5, 5.41) is 21.8. The molecule has 4 rings (SSSR count). The van der Waals surface area contributed by atoms with Gasteiger partial charge in [-0.3, -0.25) is 4.79 Å². The topological polar surface area (TPSA) is 118 Å². The highest BCUT2D eigenvalue weighted by atomic mass is 35.6. The van der Waals surface area contributed by atoms with Crippen molar-refractivity contribution in [1.82, 2.24) is 4.98 Å². The number of alkyl halides is 3. The summed E-state index contributed by atoms with van der Waals surface area (Å²) in [5.41, 5.74) is 2.82. The molecule has 1 aliphatic rings. The number of pyridine rings is 1. The van der Waals surface area contributed by atoms with Gasteiger partial charge in [0.15, 0.2) is 6.29 Å². The Morgan fingerprint density at radius 3 is 2.50 bits per heavy atom. The van der Waals surface area contributed by atoms with Crippen molar-refractivity contribution in [1.29, 1.82) is 0 Å². The quantitative estimate of drug-likeness (QED) is 0.216. The van der Waals surface area contributed by atoms with Gasteiger partial charge in [0.25, 0.3) is 9.70 Å². The van der Waals surface area contributed by atoms with Gasteiger partial charge in [0.2, 0.25) is 0 Å². The number of nitrogens with zero attached hydrogens (tertiary/aromatic N) is 1. The fraction of sp³-hybridized carbons (Fsp3) is 0.269. The first-order chi connectivity index (χ1) is 18.1. The highest BCUT2D eigenvalue weighted by Crippen LogP contribution is 2.40. The van der Waals surface area contributed by atoms with Gasteiger partial charge in [0, 0.05) is 29.6 Å². The molecule has 3 atom stereocenters. The number of hydrogen-bond donors (Lipinski definition) is 3. The van der Waals surface area contributed by atoms with E-state index in [1.807, 2.05) is 24.3 Å². The number of aromatic carboxylic acids is 1. The number of aromatic nitrogens is 1. The molecule has 0 saturated carbocycles. The zero-order valence-corrected chi connectivity index (χ0v) is 22.8. The van der Waals surface area contributed by atoms with E-state index < -0.39 is 22.0 Å². The number of carbonyl (C=O) groups is 2. The van der Waals surface area contributed by atoms with Crippen LogP contribution < -0.4 is 5.32 Å². The van der Waals surface area contributed by atoms with E-state index in [2.05, 4.69) is 10.3 Å². The van der Waals surface area contributed by atoms with Gasteiger partial charge in [-0.1, -0.05) is 71.2 Å². The van der Waals surface area contributed by atoms with Gasteiger partial charge in [-0.05, 0) is 35.4 Å². The van der Waals surface area contributed by atoms with Crippen molar-refractivity contribution in [3.8, 4) is 0 Å². The molecule has 8 nitrogen and oxygen atoms in total. The third-order valence-electron chi connectivity index (χ3n) is 5.70. The molecule has 2 aromatic carbocycles. The Morgan fingerprint density at radius 1 is 1.05 bits per heavy atom. The van der Waals surface area contributed by atoms with Crippen molar-refractivity contribution in [3.05, 3.63) is 89.1 Å². The fourth-order valence-electron chi connectivity index (χ4n) is 3.83. The first-order valence-corrected chi connectivity index (χ1v) is 13.6. The van der Waals surface area contributed by atoms with E-state index in [-0.39, 0.29) is 24.4 Å². The van der Waals surface area contributed by atoms with Gasteiger partial charge < -0.3 is 25.0 Å². The van der Waals surface area contributed by atoms with Crippen molar-refractivity contribution in [3.63, 3.8) is 0 Å². The lowest BCUT2D eigenvalue weighted by Crippen LogP contribution is -2.31. The molecule has 2 heterocycles. The Kier molecular flexibility index (Phi) is 9.54. The minimum absolute atomic E-state index is 0.0699. The standard InChI is InChI=1S/C26H23Cl3N2O6S/c27-26(28,29)25(35)31-18-4-1-3-17(11-18)24-36-19(14-38-22-20(23(33)34)5-2-10-30-22)12-21(37-24)16-8-6-15(13-32)7-9-16/h1-11,19,21,24,32H,12-14H2,(H,31,35)(H,33,34). The second-order valence-electron chi connectivity index (χ2n) is 8.40. The maximum absolute atomic E-state index is 12.1. The lowest BCUT2D eigenvalue weighted by atomic mass is 10.0. The Hall–Kier alpha value is -2.37. The largest absolute Gasteiger partial charge is 0.478 e. The molecule has 0 bridgehead atoms. The number of thioether (sulfide) groups is 1. The normalized spacial score (nSPS) is 19.6. The van der Waals surface area contributed by atoms with Crippen LogP contribution in [0.1, 0.15) is 45.9 Å². The number of carboxylic acids is 1. The monoisotopic (exact) mass is 596 g/mol. The molecule has 3 unspecified atom stereocenters. The second-order valence-corrected chi connectivity index (χ2v) is 11.7. The summed E-state index contributed by atoms with van der Waals surface area (Å²) in [4.78, 5) is 27.9. The molecule has 3 N–H and O–H groups in total. The third kappa shape index (κ3) is 7.39. The number of benzene rings is 2. The molecule has 12 heteroatoms. The average Bonchev–Trinajstić information content (AvgIpc) is 2.91. The van der Waals surface area contributed by atoms with Crippen LogP contribution in [0.3, 0.4) is 0 Å². The van der Waals surface area contributed by atoms with Gasteiger partial charge in [-0.25, -0.2) is 9.78 Å². The first kappa shape index (κ1) is 28.6. The van der Waals surface area contributed by atoms with Crippen molar-refractivity contribution < 1.29 is 29.3 Å². The predicted molar refractivity (Wildman–Crippen MR) is 146 cm³/mol. The molecule has 3 aromatic rings. The highest BCUT2D eigenvalue weighted by Gasteiger charge is 2.34. The Balaban J connectivity index is 1.57. The molecule has 38 heavy (non-hydrogen) atoms. The number of carboxylic acid groups (broad SMARTS) is 1. The van der Waals surface area contributed by atoms with Crippen molar-refractivity contribution in [2.75, 3.05) is 11.1 Å². The zero-order chi connectivity index (χ0) is 27.3. The van der Waals surface area contributed by atoms with E-state index in [1.54, 1.807) is 36.5 Å². The molecule has 1 aliphatic heterocycles. The van der Waals surface area contributed by atoms with Crippen LogP contribution in [-0.4, -0.2) is 42.7 Å². The van der Waals surface area contributed by atoms with Gasteiger partial charge in [0.05, 0.1) is 24.4 Å². The average molecular weight is 598 g/mol. The van der Waals surface area contributed by atoms with E-state index >= 15 is 0 Å². The van der Waals surface area contributed by atoms with Gasteiger partial charge >= 0.3 is 5.97 Å². The number of aliphatic hydroxyl groups is 1. The molecule has 0 spiro atoms. The van der Waals surface area contributed by atoms with E-state index in [4.69, 9.17) is 44.3 Å². The van der Waals surface area contributed by atoms with Crippen molar-refractivity contribution in [2.24, 2.45) is 0 Å². The Bertz CT molecular complexity index is 1290. The number of rotatable bonds is 8.